The molecule has 2 rings (SSSR count). The number of hydrogen-bond donors (Lipinski definition) is 1. The smallest absolute Gasteiger partial charge is 0.252 e. The molecule has 1 amide bonds. The minimum atomic E-state index is -0.738. The zero-order valence-corrected chi connectivity index (χ0v) is 9.47. The Kier molecular flexibility index (Phi) is 2.30. The van der Waals surface area contributed by atoms with Gasteiger partial charge in [-0.1, -0.05) is 0 Å². The second kappa shape index (κ2) is 3.40. The zero-order valence-electron chi connectivity index (χ0n) is 9.47. The molecule has 0 bridgehead atoms. The Morgan fingerprint density at radius 3 is 2.56 bits per heavy atom. The SMILES string of the molecule is Cc1cc(C2=NC(C)(C)C(=O)N2)ccc1F. The lowest BCUT2D eigenvalue weighted by molar-refractivity contribution is -0.122. The van der Waals surface area contributed by atoms with Crippen LogP contribution in [0.3, 0.4) is 0 Å². The maximum absolute atomic E-state index is 13.1. The number of hydrogen-bond acceptors (Lipinski definition) is 2. The molecule has 1 aliphatic rings. The van der Waals surface area contributed by atoms with Gasteiger partial charge in [-0.05, 0) is 44.5 Å². The summed E-state index contributed by atoms with van der Waals surface area (Å²) in [4.78, 5) is 15.8. The third-order valence-electron chi connectivity index (χ3n) is 2.61. The normalized spacial score (nSPS) is 18.2. The van der Waals surface area contributed by atoms with Crippen LogP contribution >= 0.6 is 0 Å². The molecule has 1 aliphatic heterocycles. The molecule has 3 nitrogen and oxygen atoms in total. The summed E-state index contributed by atoms with van der Waals surface area (Å²) < 4.78 is 13.1. The van der Waals surface area contributed by atoms with Gasteiger partial charge in [0.1, 0.15) is 17.2 Å². The van der Waals surface area contributed by atoms with E-state index in [4.69, 9.17) is 0 Å². The Morgan fingerprint density at radius 1 is 1.38 bits per heavy atom. The Labute approximate surface area is 93.4 Å². The molecule has 1 aromatic carbocycles. The van der Waals surface area contributed by atoms with Gasteiger partial charge in [-0.2, -0.15) is 0 Å². The molecule has 0 atom stereocenters. The van der Waals surface area contributed by atoms with Gasteiger partial charge in [0.15, 0.2) is 0 Å². The van der Waals surface area contributed by atoms with Crippen LogP contribution in [0.2, 0.25) is 0 Å². The number of amidine groups is 1. The lowest BCUT2D eigenvalue weighted by atomic mass is 10.1. The summed E-state index contributed by atoms with van der Waals surface area (Å²) in [5, 5.41) is 2.70. The number of carbonyl (C=O) groups excluding carboxylic acids is 1. The van der Waals surface area contributed by atoms with Gasteiger partial charge in [0.25, 0.3) is 5.91 Å². The molecule has 1 N–H and O–H groups in total. The van der Waals surface area contributed by atoms with Crippen LogP contribution in [0.1, 0.15) is 25.0 Å². The van der Waals surface area contributed by atoms with Crippen molar-refractivity contribution in [3.8, 4) is 0 Å². The summed E-state index contributed by atoms with van der Waals surface area (Å²) in [5.74, 6) is 0.121. The van der Waals surface area contributed by atoms with E-state index in [1.807, 2.05) is 0 Å². The van der Waals surface area contributed by atoms with Crippen molar-refractivity contribution in [2.45, 2.75) is 26.3 Å². The lowest BCUT2D eigenvalue weighted by Gasteiger charge is -2.07. The number of benzene rings is 1. The maximum Gasteiger partial charge on any atom is 0.252 e. The first-order chi connectivity index (χ1) is 7.40. The average Bonchev–Trinajstić information content (AvgIpc) is 2.46. The quantitative estimate of drug-likeness (QED) is 0.770. The number of carbonyl (C=O) groups is 1. The topological polar surface area (TPSA) is 41.5 Å². The molecule has 0 fully saturated rings. The number of amides is 1. The summed E-state index contributed by atoms with van der Waals surface area (Å²) in [6.45, 7) is 5.17. The van der Waals surface area contributed by atoms with E-state index in [1.54, 1.807) is 32.9 Å². The number of aliphatic imine (C=N–C) groups is 1. The van der Waals surface area contributed by atoms with Gasteiger partial charge in [0, 0.05) is 5.56 Å². The average molecular weight is 220 g/mol. The van der Waals surface area contributed by atoms with Crippen LogP contribution in [0.5, 0.6) is 0 Å². The van der Waals surface area contributed by atoms with Crippen molar-refractivity contribution in [2.75, 3.05) is 0 Å². The van der Waals surface area contributed by atoms with Crippen molar-refractivity contribution in [3.05, 3.63) is 35.1 Å². The van der Waals surface area contributed by atoms with Crippen molar-refractivity contribution < 1.29 is 9.18 Å². The van der Waals surface area contributed by atoms with Crippen LogP contribution in [0.4, 0.5) is 4.39 Å². The molecule has 0 spiro atoms. The Balaban J connectivity index is 2.40. The molecule has 0 saturated carbocycles. The van der Waals surface area contributed by atoms with Gasteiger partial charge in [-0.15, -0.1) is 0 Å². The van der Waals surface area contributed by atoms with E-state index in [1.165, 1.54) is 6.07 Å². The van der Waals surface area contributed by atoms with Gasteiger partial charge >= 0.3 is 0 Å². The van der Waals surface area contributed by atoms with E-state index >= 15 is 0 Å². The number of rotatable bonds is 1. The largest absolute Gasteiger partial charge is 0.308 e. The monoisotopic (exact) mass is 220 g/mol. The fourth-order valence-corrected chi connectivity index (χ4v) is 1.55. The molecule has 16 heavy (non-hydrogen) atoms. The third-order valence-corrected chi connectivity index (χ3v) is 2.61. The van der Waals surface area contributed by atoms with Crippen LogP contribution < -0.4 is 5.32 Å². The molecule has 0 unspecified atom stereocenters. The first-order valence-corrected chi connectivity index (χ1v) is 5.08. The molecule has 1 aromatic rings. The fraction of sp³-hybridized carbons (Fsp3) is 0.333. The molecule has 0 radical (unpaired) electrons. The van der Waals surface area contributed by atoms with E-state index in [0.717, 1.165) is 5.56 Å². The molecule has 0 saturated heterocycles. The predicted octanol–water partition coefficient (Wildman–Crippen LogP) is 1.79. The fourth-order valence-electron chi connectivity index (χ4n) is 1.55. The van der Waals surface area contributed by atoms with Crippen LogP contribution in [-0.2, 0) is 4.79 Å². The Bertz CT molecular complexity index is 492. The van der Waals surface area contributed by atoms with E-state index in [9.17, 15) is 9.18 Å². The lowest BCUT2D eigenvalue weighted by Crippen LogP contribution is -2.34. The van der Waals surface area contributed by atoms with Gasteiger partial charge < -0.3 is 5.32 Å². The molecule has 0 aromatic heterocycles. The Morgan fingerprint density at radius 2 is 2.06 bits per heavy atom. The van der Waals surface area contributed by atoms with Crippen molar-refractivity contribution in [1.29, 1.82) is 0 Å². The Hall–Kier alpha value is -1.71. The van der Waals surface area contributed by atoms with Crippen molar-refractivity contribution in [1.82, 2.24) is 5.32 Å². The first kappa shape index (κ1) is 10.8. The van der Waals surface area contributed by atoms with Crippen molar-refractivity contribution >= 4 is 11.7 Å². The van der Waals surface area contributed by atoms with Crippen molar-refractivity contribution in [3.63, 3.8) is 0 Å². The van der Waals surface area contributed by atoms with Crippen molar-refractivity contribution in [2.24, 2.45) is 4.99 Å². The number of nitrogens with one attached hydrogen (secondary N) is 1. The summed E-state index contributed by atoms with van der Waals surface area (Å²) in [5.41, 5.74) is 0.537. The number of aryl methyl sites for hydroxylation is 1. The summed E-state index contributed by atoms with van der Waals surface area (Å²) in [7, 11) is 0. The standard InChI is InChI=1S/C12H13FN2O/c1-7-6-8(4-5-9(7)13)10-14-11(16)12(2,3)15-10/h4-6H,1-3H3,(H,14,15,16). The van der Waals surface area contributed by atoms with Gasteiger partial charge in [-0.25, -0.2) is 4.39 Å². The summed E-state index contributed by atoms with van der Waals surface area (Å²) >= 11 is 0. The van der Waals surface area contributed by atoms with Crippen LogP contribution in [-0.4, -0.2) is 17.3 Å². The predicted molar refractivity (Wildman–Crippen MR) is 59.9 cm³/mol. The van der Waals surface area contributed by atoms with E-state index < -0.39 is 5.54 Å². The highest BCUT2D eigenvalue weighted by Gasteiger charge is 2.34. The number of halogens is 1. The summed E-state index contributed by atoms with van der Waals surface area (Å²) in [6.07, 6.45) is 0. The van der Waals surface area contributed by atoms with E-state index in [2.05, 4.69) is 10.3 Å². The van der Waals surface area contributed by atoms with E-state index in [-0.39, 0.29) is 11.7 Å². The van der Waals surface area contributed by atoms with Gasteiger partial charge in [0.05, 0.1) is 0 Å². The molecule has 0 aliphatic carbocycles. The highest BCUT2D eigenvalue weighted by Crippen LogP contribution is 2.18. The minimum absolute atomic E-state index is 0.135. The second-order valence-electron chi connectivity index (χ2n) is 4.44. The van der Waals surface area contributed by atoms with Crippen LogP contribution in [0.25, 0.3) is 0 Å². The molecule has 84 valence electrons. The van der Waals surface area contributed by atoms with Gasteiger partial charge in [-0.3, -0.25) is 9.79 Å². The zero-order chi connectivity index (χ0) is 11.9. The molecule has 1 heterocycles. The van der Waals surface area contributed by atoms with E-state index in [0.29, 0.717) is 11.4 Å². The van der Waals surface area contributed by atoms with Crippen LogP contribution in [0, 0.1) is 12.7 Å². The van der Waals surface area contributed by atoms with Crippen LogP contribution in [0.15, 0.2) is 23.2 Å². The minimum Gasteiger partial charge on any atom is -0.308 e. The second-order valence-corrected chi connectivity index (χ2v) is 4.44. The summed E-state index contributed by atoms with van der Waals surface area (Å²) in [6, 6.07) is 4.67. The third kappa shape index (κ3) is 1.71. The van der Waals surface area contributed by atoms with Gasteiger partial charge in [0.2, 0.25) is 0 Å². The molecular formula is C12H13FN2O. The maximum atomic E-state index is 13.1. The molecule has 4 heteroatoms. The highest BCUT2D eigenvalue weighted by molar-refractivity contribution is 6.15. The molecular weight excluding hydrogens is 207 g/mol. The number of nitrogens with zero attached hydrogens (tertiary/aromatic N) is 1. The first-order valence-electron chi connectivity index (χ1n) is 5.08. The highest BCUT2D eigenvalue weighted by atomic mass is 19.1.